The second-order valence-corrected chi connectivity index (χ2v) is 6.51. The van der Waals surface area contributed by atoms with Gasteiger partial charge >= 0.3 is 0 Å². The molecule has 0 unspecified atom stereocenters. The number of amides is 1. The number of aliphatic hydroxyl groups is 1. The van der Waals surface area contributed by atoms with Crippen LogP contribution in [0.5, 0.6) is 0 Å². The summed E-state index contributed by atoms with van der Waals surface area (Å²) in [7, 11) is 0. The Balaban J connectivity index is 1.51. The highest BCUT2D eigenvalue weighted by molar-refractivity contribution is 5.98. The first-order chi connectivity index (χ1) is 14.6. The molecule has 10 heteroatoms. The summed E-state index contributed by atoms with van der Waals surface area (Å²) >= 11 is 0. The van der Waals surface area contributed by atoms with Crippen LogP contribution >= 0.6 is 0 Å². The number of nitrogens with zero attached hydrogens (tertiary/aromatic N) is 6. The Bertz CT molecular complexity index is 1180. The molecule has 0 saturated heterocycles. The molecule has 3 heterocycles. The molecule has 0 bridgehead atoms. The molecule has 3 N–H and O–H groups in total. The van der Waals surface area contributed by atoms with Gasteiger partial charge < -0.3 is 15.7 Å². The van der Waals surface area contributed by atoms with Gasteiger partial charge in [0, 0.05) is 18.1 Å². The van der Waals surface area contributed by atoms with E-state index in [1.54, 1.807) is 34.2 Å². The summed E-state index contributed by atoms with van der Waals surface area (Å²) in [5.74, 6) is 0.176. The Morgan fingerprint density at radius 2 is 1.97 bits per heavy atom. The molecule has 30 heavy (non-hydrogen) atoms. The number of carbonyl (C=O) groups excluding carboxylic acids is 1. The minimum atomic E-state index is -0.251. The first-order valence-corrected chi connectivity index (χ1v) is 9.26. The molecular weight excluding hydrogens is 384 g/mol. The van der Waals surface area contributed by atoms with E-state index in [0.29, 0.717) is 30.4 Å². The maximum absolute atomic E-state index is 11.4. The van der Waals surface area contributed by atoms with Gasteiger partial charge in [-0.2, -0.15) is 15.2 Å². The van der Waals surface area contributed by atoms with Gasteiger partial charge in [-0.1, -0.05) is 18.7 Å². The maximum Gasteiger partial charge on any atom is 0.247 e. The first-order valence-electron chi connectivity index (χ1n) is 9.26. The lowest BCUT2D eigenvalue weighted by atomic mass is 10.2. The summed E-state index contributed by atoms with van der Waals surface area (Å²) in [6.07, 6.45) is 8.07. The Hall–Kier alpha value is -4.05. The monoisotopic (exact) mass is 404 g/mol. The summed E-state index contributed by atoms with van der Waals surface area (Å²) < 4.78 is 3.42. The van der Waals surface area contributed by atoms with Crippen LogP contribution < -0.4 is 10.6 Å². The normalized spacial score (nSPS) is 10.8. The fourth-order valence-corrected chi connectivity index (χ4v) is 2.88. The number of aromatic nitrogens is 6. The molecule has 4 rings (SSSR count). The Labute approximate surface area is 171 Å². The second kappa shape index (κ2) is 8.53. The number of nitrogens with one attached hydrogen (secondary N) is 2. The van der Waals surface area contributed by atoms with Crippen LogP contribution in [0.2, 0.25) is 0 Å². The predicted molar refractivity (Wildman–Crippen MR) is 112 cm³/mol. The lowest BCUT2D eigenvalue weighted by molar-refractivity contribution is -0.111. The molecular formula is C20H20N8O2. The molecule has 3 aromatic heterocycles. The van der Waals surface area contributed by atoms with Crippen molar-refractivity contribution in [2.24, 2.45) is 0 Å². The van der Waals surface area contributed by atoms with Crippen LogP contribution in [-0.4, -0.2) is 47.1 Å². The molecule has 10 nitrogen and oxygen atoms in total. The maximum atomic E-state index is 11.4. The number of hydrogen-bond donors (Lipinski definition) is 3. The molecule has 4 aromatic rings. The number of anilines is 3. The van der Waals surface area contributed by atoms with Crippen molar-refractivity contribution in [3.05, 3.63) is 67.3 Å². The Kier molecular flexibility index (Phi) is 5.48. The van der Waals surface area contributed by atoms with Gasteiger partial charge in [-0.15, -0.1) is 0 Å². The highest BCUT2D eigenvalue weighted by Crippen LogP contribution is 2.18. The Morgan fingerprint density at radius 3 is 2.73 bits per heavy atom. The molecule has 0 saturated carbocycles. The molecule has 1 aromatic carbocycles. The molecule has 1 amide bonds. The molecule has 0 spiro atoms. The molecule has 0 atom stereocenters. The zero-order valence-electron chi connectivity index (χ0n) is 16.1. The third-order valence-corrected chi connectivity index (χ3v) is 4.33. The van der Waals surface area contributed by atoms with Crippen molar-refractivity contribution < 1.29 is 9.90 Å². The number of fused-ring (bicyclic) bond motifs is 1. The minimum Gasteiger partial charge on any atom is -0.394 e. The molecule has 0 aliphatic carbocycles. The number of rotatable bonds is 8. The zero-order valence-corrected chi connectivity index (χ0v) is 16.1. The number of aliphatic hydroxyl groups excluding tert-OH is 1. The highest BCUT2D eigenvalue weighted by atomic mass is 16.3. The van der Waals surface area contributed by atoms with Crippen molar-refractivity contribution in [3.63, 3.8) is 0 Å². The Morgan fingerprint density at radius 1 is 1.13 bits per heavy atom. The summed E-state index contributed by atoms with van der Waals surface area (Å²) in [5, 5.41) is 24.2. The smallest absolute Gasteiger partial charge is 0.247 e. The fraction of sp³-hybridized carbons (Fsp3) is 0.150. The number of carbonyl (C=O) groups is 1. The number of hydrogen-bond acceptors (Lipinski definition) is 7. The van der Waals surface area contributed by atoms with Crippen LogP contribution in [0.15, 0.2) is 61.7 Å². The van der Waals surface area contributed by atoms with Gasteiger partial charge in [0.2, 0.25) is 11.9 Å². The second-order valence-electron chi connectivity index (χ2n) is 6.51. The van der Waals surface area contributed by atoms with Gasteiger partial charge in [0.15, 0.2) is 5.65 Å². The molecule has 152 valence electrons. The molecule has 0 aliphatic rings. The van der Waals surface area contributed by atoms with E-state index in [-0.39, 0.29) is 12.5 Å². The molecule has 0 fully saturated rings. The fourth-order valence-electron chi connectivity index (χ4n) is 2.88. The summed E-state index contributed by atoms with van der Waals surface area (Å²) in [4.78, 5) is 20.3. The summed E-state index contributed by atoms with van der Waals surface area (Å²) in [6.45, 7) is 4.40. The van der Waals surface area contributed by atoms with Gasteiger partial charge in [0.05, 0.1) is 43.2 Å². The van der Waals surface area contributed by atoms with E-state index in [2.05, 4.69) is 37.4 Å². The van der Waals surface area contributed by atoms with E-state index in [4.69, 9.17) is 5.11 Å². The van der Waals surface area contributed by atoms with Crippen LogP contribution in [0.1, 0.15) is 5.56 Å². The van der Waals surface area contributed by atoms with Crippen molar-refractivity contribution in [3.8, 4) is 0 Å². The van der Waals surface area contributed by atoms with E-state index < -0.39 is 0 Å². The lowest BCUT2D eigenvalue weighted by Crippen LogP contribution is -2.07. The van der Waals surface area contributed by atoms with Crippen molar-refractivity contribution in [2.45, 2.75) is 13.1 Å². The largest absolute Gasteiger partial charge is 0.394 e. The van der Waals surface area contributed by atoms with Crippen molar-refractivity contribution in [1.29, 1.82) is 0 Å². The van der Waals surface area contributed by atoms with Crippen LogP contribution in [0.25, 0.3) is 11.0 Å². The van der Waals surface area contributed by atoms with E-state index >= 15 is 0 Å². The topological polar surface area (TPSA) is 123 Å². The summed E-state index contributed by atoms with van der Waals surface area (Å²) in [5.41, 5.74) is 3.13. The predicted octanol–water partition coefficient (Wildman–Crippen LogP) is 1.93. The van der Waals surface area contributed by atoms with Gasteiger partial charge in [-0.3, -0.25) is 9.48 Å². The van der Waals surface area contributed by atoms with E-state index in [1.807, 2.05) is 24.3 Å². The van der Waals surface area contributed by atoms with Crippen LogP contribution in [0, 0.1) is 0 Å². The molecule has 0 aliphatic heterocycles. The standard InChI is InChI=1S/C20H20N8O2/c1-2-18(30)24-16-5-3-14(4-6-16)12-28-19-15(10-23-28)9-21-20(26-19)25-17-11-22-27(13-17)7-8-29/h2-6,9-11,13,29H,1,7-8,12H2,(H,24,30)(H,21,25,26). The van der Waals surface area contributed by atoms with Gasteiger partial charge in [0.25, 0.3) is 0 Å². The summed E-state index contributed by atoms with van der Waals surface area (Å²) in [6, 6.07) is 7.49. The van der Waals surface area contributed by atoms with Gasteiger partial charge in [-0.25, -0.2) is 9.67 Å². The van der Waals surface area contributed by atoms with E-state index in [1.165, 1.54) is 6.08 Å². The lowest BCUT2D eigenvalue weighted by Gasteiger charge is -2.07. The van der Waals surface area contributed by atoms with E-state index in [9.17, 15) is 4.79 Å². The zero-order chi connectivity index (χ0) is 20.9. The van der Waals surface area contributed by atoms with Crippen LogP contribution in [0.4, 0.5) is 17.3 Å². The van der Waals surface area contributed by atoms with Crippen molar-refractivity contribution in [1.82, 2.24) is 29.5 Å². The quantitative estimate of drug-likeness (QED) is 0.384. The first kappa shape index (κ1) is 19.3. The van der Waals surface area contributed by atoms with Crippen LogP contribution in [0.3, 0.4) is 0 Å². The van der Waals surface area contributed by atoms with Gasteiger partial charge in [0.1, 0.15) is 0 Å². The van der Waals surface area contributed by atoms with Crippen LogP contribution in [-0.2, 0) is 17.9 Å². The minimum absolute atomic E-state index is 0.0182. The van der Waals surface area contributed by atoms with E-state index in [0.717, 1.165) is 16.6 Å². The molecule has 0 radical (unpaired) electrons. The van der Waals surface area contributed by atoms with Crippen molar-refractivity contribution >= 4 is 34.3 Å². The van der Waals surface area contributed by atoms with Gasteiger partial charge in [-0.05, 0) is 23.8 Å². The average molecular weight is 404 g/mol. The van der Waals surface area contributed by atoms with Crippen molar-refractivity contribution in [2.75, 3.05) is 17.2 Å². The third-order valence-electron chi connectivity index (χ3n) is 4.33. The SMILES string of the molecule is C=CC(=O)Nc1ccc(Cn2ncc3cnc(Nc4cnn(CCO)c4)nc32)cc1. The third kappa shape index (κ3) is 4.33. The number of benzene rings is 1. The highest BCUT2D eigenvalue weighted by Gasteiger charge is 2.09. The average Bonchev–Trinajstić information content (AvgIpc) is 3.36.